The summed E-state index contributed by atoms with van der Waals surface area (Å²) in [4.78, 5) is 24.0. The van der Waals surface area contributed by atoms with Crippen LogP contribution < -0.4 is 15.4 Å². The average Bonchev–Trinajstić information content (AvgIpc) is 3.22. The highest BCUT2D eigenvalue weighted by atomic mass is 32.2. The summed E-state index contributed by atoms with van der Waals surface area (Å²) in [5, 5.41) is 14.0. The Morgan fingerprint density at radius 2 is 1.70 bits per heavy atom. The average molecular weight is 443 g/mol. The van der Waals surface area contributed by atoms with Gasteiger partial charge in [-0.15, -0.1) is 10.2 Å². The van der Waals surface area contributed by atoms with E-state index in [4.69, 9.17) is 4.74 Å². The molecule has 0 aliphatic carbocycles. The number of amides is 2. The number of aryl methyl sites for hydroxylation is 1. The molecule has 3 rings (SSSR count). The van der Waals surface area contributed by atoms with Crippen molar-refractivity contribution in [3.8, 4) is 5.75 Å². The number of thioether (sulfide) groups is 1. The quantitative estimate of drug-likeness (QED) is 0.269. The van der Waals surface area contributed by atoms with Gasteiger partial charge in [0.2, 0.25) is 16.9 Å². The van der Waals surface area contributed by atoms with E-state index in [0.29, 0.717) is 35.5 Å². The zero-order valence-corrected chi connectivity index (χ0v) is 17.9. The summed E-state index contributed by atoms with van der Waals surface area (Å²) >= 11 is 2.54. The second-order valence-corrected chi connectivity index (χ2v) is 8.41. The Hall–Kier alpha value is -2.91. The van der Waals surface area contributed by atoms with Gasteiger partial charge < -0.3 is 15.4 Å². The zero-order valence-electron chi connectivity index (χ0n) is 16.2. The van der Waals surface area contributed by atoms with E-state index in [0.717, 1.165) is 11.3 Å². The molecular formula is C21H22N4O3S2. The van der Waals surface area contributed by atoms with Crippen LogP contribution in [0.1, 0.15) is 12.0 Å². The van der Waals surface area contributed by atoms with Crippen molar-refractivity contribution in [3.63, 3.8) is 0 Å². The number of aromatic nitrogens is 2. The minimum Gasteiger partial charge on any atom is -0.492 e. The second kappa shape index (κ2) is 11.9. The number of carbonyl (C=O) groups is 2. The molecule has 2 amide bonds. The molecule has 0 atom stereocenters. The van der Waals surface area contributed by atoms with E-state index in [9.17, 15) is 9.59 Å². The van der Waals surface area contributed by atoms with Gasteiger partial charge in [0, 0.05) is 6.42 Å². The SMILES string of the molecule is O=C(CSc1nnc(NC(=O)CCc2ccccc2)s1)NCCOc1ccccc1. The highest BCUT2D eigenvalue weighted by molar-refractivity contribution is 8.01. The van der Waals surface area contributed by atoms with E-state index >= 15 is 0 Å². The van der Waals surface area contributed by atoms with E-state index in [2.05, 4.69) is 20.8 Å². The molecule has 0 unspecified atom stereocenters. The van der Waals surface area contributed by atoms with Crippen LogP contribution >= 0.6 is 23.1 Å². The van der Waals surface area contributed by atoms with Crippen molar-refractivity contribution in [3.05, 3.63) is 66.2 Å². The number of hydrogen-bond acceptors (Lipinski definition) is 7. The third-order valence-corrected chi connectivity index (χ3v) is 5.87. The molecular weight excluding hydrogens is 420 g/mol. The monoisotopic (exact) mass is 442 g/mol. The van der Waals surface area contributed by atoms with Crippen molar-refractivity contribution in [2.45, 2.75) is 17.2 Å². The number of carbonyl (C=O) groups excluding carboxylic acids is 2. The number of nitrogens with one attached hydrogen (secondary N) is 2. The standard InChI is InChI=1S/C21H22N4O3S2/c26-18(12-11-16-7-3-1-4-8-16)23-20-24-25-21(30-20)29-15-19(27)22-13-14-28-17-9-5-2-6-10-17/h1-10H,11-15H2,(H,22,27)(H,23,24,26). The number of anilines is 1. The predicted molar refractivity (Wildman–Crippen MR) is 119 cm³/mol. The lowest BCUT2D eigenvalue weighted by Gasteiger charge is -2.07. The van der Waals surface area contributed by atoms with Crippen molar-refractivity contribution in [2.75, 3.05) is 24.2 Å². The Labute approximate surface area is 183 Å². The van der Waals surface area contributed by atoms with Crippen molar-refractivity contribution >= 4 is 40.0 Å². The third-order valence-electron chi connectivity index (χ3n) is 3.90. The number of hydrogen-bond donors (Lipinski definition) is 2. The number of rotatable bonds is 11. The molecule has 0 bridgehead atoms. The first-order valence-corrected chi connectivity index (χ1v) is 11.2. The van der Waals surface area contributed by atoms with Gasteiger partial charge in [-0.05, 0) is 24.1 Å². The van der Waals surface area contributed by atoms with Gasteiger partial charge in [-0.2, -0.15) is 0 Å². The number of benzene rings is 2. The van der Waals surface area contributed by atoms with E-state index < -0.39 is 0 Å². The molecule has 156 valence electrons. The van der Waals surface area contributed by atoms with Crippen LogP contribution in [0.15, 0.2) is 65.0 Å². The largest absolute Gasteiger partial charge is 0.492 e. The van der Waals surface area contributed by atoms with Crippen molar-refractivity contribution in [2.24, 2.45) is 0 Å². The first-order valence-electron chi connectivity index (χ1n) is 9.43. The Balaban J connectivity index is 1.30. The Morgan fingerprint density at radius 1 is 0.967 bits per heavy atom. The van der Waals surface area contributed by atoms with E-state index in [1.807, 2.05) is 60.7 Å². The van der Waals surface area contributed by atoms with Crippen LogP contribution in [0.5, 0.6) is 5.75 Å². The molecule has 0 radical (unpaired) electrons. The lowest BCUT2D eigenvalue weighted by atomic mass is 10.1. The molecule has 1 heterocycles. The summed E-state index contributed by atoms with van der Waals surface area (Å²) in [5.74, 6) is 0.776. The van der Waals surface area contributed by atoms with Gasteiger partial charge in [-0.1, -0.05) is 71.6 Å². The zero-order chi connectivity index (χ0) is 21.0. The molecule has 0 aliphatic heterocycles. The third kappa shape index (κ3) is 7.84. The molecule has 0 spiro atoms. The van der Waals surface area contributed by atoms with Gasteiger partial charge in [-0.3, -0.25) is 9.59 Å². The van der Waals surface area contributed by atoms with Crippen molar-refractivity contribution < 1.29 is 14.3 Å². The van der Waals surface area contributed by atoms with Gasteiger partial charge in [0.05, 0.1) is 12.3 Å². The van der Waals surface area contributed by atoms with E-state index in [-0.39, 0.29) is 17.6 Å². The first kappa shape index (κ1) is 21.8. The Bertz CT molecular complexity index is 936. The molecule has 1 aromatic heterocycles. The number of ether oxygens (including phenoxy) is 1. The predicted octanol–water partition coefficient (Wildman–Crippen LogP) is 3.40. The van der Waals surface area contributed by atoms with Crippen LogP contribution in [0.3, 0.4) is 0 Å². The lowest BCUT2D eigenvalue weighted by molar-refractivity contribution is -0.118. The second-order valence-electron chi connectivity index (χ2n) is 6.21. The first-order chi connectivity index (χ1) is 14.7. The minimum atomic E-state index is -0.111. The Kier molecular flexibility index (Phi) is 8.67. The topological polar surface area (TPSA) is 93.2 Å². The van der Waals surface area contributed by atoms with Gasteiger partial charge in [0.25, 0.3) is 0 Å². The molecule has 2 aromatic carbocycles. The fourth-order valence-corrected chi connectivity index (χ4v) is 4.06. The van der Waals surface area contributed by atoms with Crippen LogP contribution in [0, 0.1) is 0 Å². The molecule has 0 fully saturated rings. The highest BCUT2D eigenvalue weighted by Crippen LogP contribution is 2.25. The summed E-state index contributed by atoms with van der Waals surface area (Å²) in [7, 11) is 0. The summed E-state index contributed by atoms with van der Waals surface area (Å²) < 4.78 is 6.15. The molecule has 0 aliphatic rings. The Morgan fingerprint density at radius 3 is 2.47 bits per heavy atom. The fourth-order valence-electron chi connectivity index (χ4n) is 2.46. The van der Waals surface area contributed by atoms with Crippen LogP contribution in [-0.4, -0.2) is 40.9 Å². The van der Waals surface area contributed by atoms with Crippen LogP contribution in [0.25, 0.3) is 0 Å². The highest BCUT2D eigenvalue weighted by Gasteiger charge is 2.10. The maximum Gasteiger partial charge on any atom is 0.230 e. The van der Waals surface area contributed by atoms with Gasteiger partial charge >= 0.3 is 0 Å². The smallest absolute Gasteiger partial charge is 0.230 e. The number of para-hydroxylation sites is 1. The molecule has 30 heavy (non-hydrogen) atoms. The maximum absolute atomic E-state index is 12.1. The van der Waals surface area contributed by atoms with Crippen LogP contribution in [0.2, 0.25) is 0 Å². The molecule has 2 N–H and O–H groups in total. The summed E-state index contributed by atoms with van der Waals surface area (Å²) in [6.45, 7) is 0.825. The van der Waals surface area contributed by atoms with Crippen LogP contribution in [-0.2, 0) is 16.0 Å². The van der Waals surface area contributed by atoms with Gasteiger partial charge in [-0.25, -0.2) is 0 Å². The van der Waals surface area contributed by atoms with E-state index in [1.165, 1.54) is 23.1 Å². The molecule has 0 saturated carbocycles. The van der Waals surface area contributed by atoms with E-state index in [1.54, 1.807) is 0 Å². The number of nitrogens with zero attached hydrogens (tertiary/aromatic N) is 2. The summed E-state index contributed by atoms with van der Waals surface area (Å²) in [6, 6.07) is 19.3. The molecule has 3 aromatic rings. The molecule has 0 saturated heterocycles. The van der Waals surface area contributed by atoms with Gasteiger partial charge in [0.15, 0.2) is 4.34 Å². The lowest BCUT2D eigenvalue weighted by Crippen LogP contribution is -2.29. The van der Waals surface area contributed by atoms with Crippen LogP contribution in [0.4, 0.5) is 5.13 Å². The van der Waals surface area contributed by atoms with Crippen molar-refractivity contribution in [1.29, 1.82) is 0 Å². The normalized spacial score (nSPS) is 10.4. The maximum atomic E-state index is 12.1. The molecule has 9 heteroatoms. The summed E-state index contributed by atoms with van der Waals surface area (Å²) in [6.07, 6.45) is 1.04. The molecule has 7 nitrogen and oxygen atoms in total. The van der Waals surface area contributed by atoms with Gasteiger partial charge in [0.1, 0.15) is 12.4 Å². The van der Waals surface area contributed by atoms with Crippen molar-refractivity contribution in [1.82, 2.24) is 15.5 Å². The summed E-state index contributed by atoms with van der Waals surface area (Å²) in [5.41, 5.74) is 1.11. The minimum absolute atomic E-state index is 0.109. The fraction of sp³-hybridized carbons (Fsp3) is 0.238.